The molecular formula is C34H62N4. The molecule has 38 heavy (non-hydrogen) atoms. The average molecular weight is 527 g/mol. The summed E-state index contributed by atoms with van der Waals surface area (Å²) in [6.07, 6.45) is 22.6. The Morgan fingerprint density at radius 3 is 1.45 bits per heavy atom. The summed E-state index contributed by atoms with van der Waals surface area (Å²) >= 11 is 0. The molecule has 0 unspecified atom stereocenters. The highest BCUT2D eigenvalue weighted by Gasteiger charge is 2.14. The molecule has 218 valence electrons. The lowest BCUT2D eigenvalue weighted by molar-refractivity contribution is 0.164. The summed E-state index contributed by atoms with van der Waals surface area (Å²) in [7, 11) is 4.47. The van der Waals surface area contributed by atoms with Gasteiger partial charge in [0, 0.05) is 65.4 Å². The van der Waals surface area contributed by atoms with Crippen LogP contribution in [0.3, 0.4) is 0 Å². The van der Waals surface area contributed by atoms with Crippen LogP contribution in [-0.4, -0.2) is 99.1 Å². The van der Waals surface area contributed by atoms with Crippen LogP contribution in [0.5, 0.6) is 0 Å². The Balaban J connectivity index is 1.72. The van der Waals surface area contributed by atoms with Crippen LogP contribution in [0.25, 0.3) is 0 Å². The van der Waals surface area contributed by atoms with Crippen LogP contribution in [0.2, 0.25) is 0 Å². The van der Waals surface area contributed by atoms with Gasteiger partial charge in [0.25, 0.3) is 0 Å². The molecule has 4 nitrogen and oxygen atoms in total. The maximum absolute atomic E-state index is 2.62. The molecular weight excluding hydrogens is 464 g/mol. The van der Waals surface area contributed by atoms with Crippen molar-refractivity contribution in [2.24, 2.45) is 0 Å². The van der Waals surface area contributed by atoms with Gasteiger partial charge in [0.15, 0.2) is 0 Å². The molecule has 0 spiro atoms. The Morgan fingerprint density at radius 1 is 0.526 bits per heavy atom. The van der Waals surface area contributed by atoms with Gasteiger partial charge in [0.1, 0.15) is 0 Å². The minimum atomic E-state index is 1.14. The van der Waals surface area contributed by atoms with E-state index in [1.165, 1.54) is 122 Å². The maximum Gasteiger partial charge on any atom is 0.0191 e. The molecule has 2 aliphatic heterocycles. The summed E-state index contributed by atoms with van der Waals surface area (Å²) in [6.45, 7) is 21.2. The van der Waals surface area contributed by atoms with E-state index in [2.05, 4.69) is 85.7 Å². The Labute approximate surface area is 237 Å². The average Bonchev–Trinajstić information content (AvgIpc) is 2.89. The van der Waals surface area contributed by atoms with Gasteiger partial charge < -0.3 is 9.80 Å². The standard InChI is InChI=1S/C34H62N4/c1-7-8-9-10-18-34(20-13-17-33(4)30-38-27-23-36(6)24-28-38)19-12-15-31(2)14-11-16-32(3)29-37-25-21-35(5)22-26-37/h15-18H,7-14,19-30H2,1-6H3/b31-15-,32-16-,33-17-,34-18-. The van der Waals surface area contributed by atoms with E-state index in [1.54, 1.807) is 16.7 Å². The van der Waals surface area contributed by atoms with Crippen molar-refractivity contribution in [3.8, 4) is 0 Å². The van der Waals surface area contributed by atoms with Gasteiger partial charge in [-0.05, 0) is 86.2 Å². The number of allylic oxidation sites excluding steroid dienone is 6. The van der Waals surface area contributed by atoms with E-state index in [0.29, 0.717) is 0 Å². The highest BCUT2D eigenvalue weighted by molar-refractivity contribution is 5.10. The molecule has 0 aromatic rings. The third kappa shape index (κ3) is 15.4. The first kappa shape index (κ1) is 33.0. The third-order valence-electron chi connectivity index (χ3n) is 8.33. The molecule has 2 rings (SSSR count). The van der Waals surface area contributed by atoms with Gasteiger partial charge in [-0.3, -0.25) is 9.80 Å². The molecule has 0 aliphatic carbocycles. The first-order valence-electron chi connectivity index (χ1n) is 15.8. The fourth-order valence-electron chi connectivity index (χ4n) is 5.53. The van der Waals surface area contributed by atoms with E-state index in [1.807, 2.05) is 0 Å². The van der Waals surface area contributed by atoms with E-state index in [0.717, 1.165) is 13.1 Å². The molecule has 2 fully saturated rings. The van der Waals surface area contributed by atoms with Crippen LogP contribution in [0.4, 0.5) is 0 Å². The van der Waals surface area contributed by atoms with E-state index >= 15 is 0 Å². The number of hydrogen-bond acceptors (Lipinski definition) is 4. The first-order valence-corrected chi connectivity index (χ1v) is 15.8. The van der Waals surface area contributed by atoms with Crippen LogP contribution in [0.15, 0.2) is 46.6 Å². The van der Waals surface area contributed by atoms with Crippen LogP contribution < -0.4 is 0 Å². The highest BCUT2D eigenvalue weighted by Crippen LogP contribution is 2.19. The van der Waals surface area contributed by atoms with Gasteiger partial charge in [0.05, 0.1) is 0 Å². The van der Waals surface area contributed by atoms with Crippen molar-refractivity contribution < 1.29 is 0 Å². The predicted octanol–water partition coefficient (Wildman–Crippen LogP) is 7.17. The predicted molar refractivity (Wildman–Crippen MR) is 169 cm³/mol. The number of piperazine rings is 2. The zero-order chi connectivity index (χ0) is 27.6. The fraction of sp³-hybridized carbons (Fsp3) is 0.765. The number of rotatable bonds is 17. The van der Waals surface area contributed by atoms with Gasteiger partial charge in [-0.25, -0.2) is 0 Å². The summed E-state index contributed by atoms with van der Waals surface area (Å²) in [5.74, 6) is 0. The van der Waals surface area contributed by atoms with Crippen molar-refractivity contribution in [1.29, 1.82) is 0 Å². The van der Waals surface area contributed by atoms with Gasteiger partial charge >= 0.3 is 0 Å². The topological polar surface area (TPSA) is 13.0 Å². The van der Waals surface area contributed by atoms with Crippen molar-refractivity contribution in [3.05, 3.63) is 46.6 Å². The van der Waals surface area contributed by atoms with Crippen LogP contribution in [-0.2, 0) is 0 Å². The lowest BCUT2D eigenvalue weighted by Crippen LogP contribution is -2.44. The normalized spacial score (nSPS) is 20.5. The second-order valence-electron chi connectivity index (χ2n) is 12.3. The molecule has 2 aliphatic rings. The van der Waals surface area contributed by atoms with Crippen LogP contribution in [0, 0.1) is 0 Å². The summed E-state index contributed by atoms with van der Waals surface area (Å²) in [5, 5.41) is 0. The molecule has 0 N–H and O–H groups in total. The zero-order valence-electron chi connectivity index (χ0n) is 26.2. The molecule has 2 saturated heterocycles. The zero-order valence-corrected chi connectivity index (χ0v) is 26.2. The Hall–Kier alpha value is -1.20. The molecule has 0 radical (unpaired) electrons. The molecule has 4 heteroatoms. The Kier molecular flexibility index (Phi) is 17.2. The number of unbranched alkanes of at least 4 members (excludes halogenated alkanes) is 3. The highest BCUT2D eigenvalue weighted by atomic mass is 15.2. The molecule has 0 aromatic carbocycles. The lowest BCUT2D eigenvalue weighted by Gasteiger charge is -2.32. The van der Waals surface area contributed by atoms with Gasteiger partial charge in [-0.2, -0.15) is 0 Å². The smallest absolute Gasteiger partial charge is 0.0191 e. The first-order chi connectivity index (χ1) is 18.4. The molecule has 0 amide bonds. The van der Waals surface area contributed by atoms with Gasteiger partial charge in [-0.15, -0.1) is 0 Å². The fourth-order valence-corrected chi connectivity index (χ4v) is 5.53. The maximum atomic E-state index is 2.62. The second-order valence-corrected chi connectivity index (χ2v) is 12.3. The minimum Gasteiger partial charge on any atom is -0.304 e. The SMILES string of the molecule is CCCCC/C=C(/CC/C=C(/C)CC/C=C(/C)CN1CCN(C)CC1)CC/C=C(/C)CN1CCN(C)CC1. The van der Waals surface area contributed by atoms with Gasteiger partial charge in [-0.1, -0.05) is 66.4 Å². The molecule has 0 saturated carbocycles. The van der Waals surface area contributed by atoms with E-state index in [-0.39, 0.29) is 0 Å². The number of likely N-dealkylation sites (N-methyl/N-ethyl adjacent to an activating group) is 2. The monoisotopic (exact) mass is 526 g/mol. The molecule has 2 heterocycles. The van der Waals surface area contributed by atoms with Crippen molar-refractivity contribution in [2.75, 3.05) is 79.5 Å². The second kappa shape index (κ2) is 19.8. The molecule has 0 aromatic heterocycles. The van der Waals surface area contributed by atoms with Gasteiger partial charge in [0.2, 0.25) is 0 Å². The number of nitrogens with zero attached hydrogens (tertiary/aromatic N) is 4. The third-order valence-corrected chi connectivity index (χ3v) is 8.33. The minimum absolute atomic E-state index is 1.14. The molecule has 0 bridgehead atoms. The van der Waals surface area contributed by atoms with E-state index < -0.39 is 0 Å². The Bertz CT molecular complexity index is 746. The van der Waals surface area contributed by atoms with Crippen molar-refractivity contribution in [1.82, 2.24) is 19.6 Å². The van der Waals surface area contributed by atoms with Crippen molar-refractivity contribution in [2.45, 2.75) is 91.9 Å². The lowest BCUT2D eigenvalue weighted by atomic mass is 10.00. The summed E-state index contributed by atoms with van der Waals surface area (Å²) < 4.78 is 0. The summed E-state index contributed by atoms with van der Waals surface area (Å²) in [6, 6.07) is 0. The van der Waals surface area contributed by atoms with Crippen LogP contribution in [0.1, 0.15) is 91.9 Å². The van der Waals surface area contributed by atoms with E-state index in [9.17, 15) is 0 Å². The van der Waals surface area contributed by atoms with E-state index in [4.69, 9.17) is 0 Å². The number of hydrogen-bond donors (Lipinski definition) is 0. The largest absolute Gasteiger partial charge is 0.304 e. The molecule has 0 atom stereocenters. The summed E-state index contributed by atoms with van der Waals surface area (Å²) in [4.78, 5) is 10.1. The van der Waals surface area contributed by atoms with Crippen molar-refractivity contribution >= 4 is 0 Å². The quantitative estimate of drug-likeness (QED) is 0.147. The van der Waals surface area contributed by atoms with Crippen molar-refractivity contribution in [3.63, 3.8) is 0 Å². The Morgan fingerprint density at radius 2 is 0.974 bits per heavy atom. The van der Waals surface area contributed by atoms with Crippen LogP contribution >= 0.6 is 0 Å². The summed E-state index contributed by atoms with van der Waals surface area (Å²) in [5.41, 5.74) is 6.32.